The van der Waals surface area contributed by atoms with Crippen LogP contribution in [0.1, 0.15) is 11.1 Å². The smallest absolute Gasteiger partial charge is 0.336 e. The zero-order chi connectivity index (χ0) is 14.8. The van der Waals surface area contributed by atoms with Crippen molar-refractivity contribution >= 4 is 33.5 Å². The van der Waals surface area contributed by atoms with Gasteiger partial charge in [0.15, 0.2) is 11.5 Å². The van der Waals surface area contributed by atoms with Crippen LogP contribution in [-0.2, 0) is 4.79 Å². The Kier molecular flexibility index (Phi) is 3.66. The molecule has 0 aromatic heterocycles. The Morgan fingerprint density at radius 2 is 1.90 bits per heavy atom. The zero-order valence-electron chi connectivity index (χ0n) is 10.9. The fraction of sp³-hybridized carbons (Fsp3) is 0.0625. The van der Waals surface area contributed by atoms with E-state index in [1.54, 1.807) is 24.3 Å². The average Bonchev–Trinajstić information content (AvgIpc) is 2.93. The molecule has 0 bridgehead atoms. The van der Waals surface area contributed by atoms with Crippen LogP contribution in [0.25, 0.3) is 11.6 Å². The minimum absolute atomic E-state index is 0.162. The molecule has 0 atom stereocenters. The Hall–Kier alpha value is -2.27. The molecule has 0 amide bonds. The molecule has 1 heterocycles. The van der Waals surface area contributed by atoms with Crippen LogP contribution in [0.2, 0.25) is 0 Å². The van der Waals surface area contributed by atoms with Gasteiger partial charge in [-0.2, -0.15) is 0 Å². The molecule has 0 aliphatic carbocycles. The summed E-state index contributed by atoms with van der Waals surface area (Å²) in [5.74, 6) is 0.195. The lowest BCUT2D eigenvalue weighted by atomic mass is 10.0. The minimum Gasteiger partial charge on any atom is -0.478 e. The number of carbonyl (C=O) groups is 1. The number of hydrogen-bond acceptors (Lipinski definition) is 3. The molecule has 0 saturated heterocycles. The summed E-state index contributed by atoms with van der Waals surface area (Å²) in [6.45, 7) is 0.162. The number of halogens is 1. The van der Waals surface area contributed by atoms with Crippen molar-refractivity contribution in [1.82, 2.24) is 0 Å². The summed E-state index contributed by atoms with van der Waals surface area (Å²) in [5.41, 5.74) is 1.57. The third kappa shape index (κ3) is 2.78. The molecular formula is C16H11BrO4. The predicted octanol–water partition coefficient (Wildman–Crippen LogP) is 3.80. The van der Waals surface area contributed by atoms with Crippen molar-refractivity contribution in [3.63, 3.8) is 0 Å². The summed E-state index contributed by atoms with van der Waals surface area (Å²) in [6.07, 6.45) is 1.63. The highest BCUT2D eigenvalue weighted by atomic mass is 79.9. The van der Waals surface area contributed by atoms with Crippen molar-refractivity contribution in [2.75, 3.05) is 6.79 Å². The summed E-state index contributed by atoms with van der Waals surface area (Å²) in [4.78, 5) is 11.6. The van der Waals surface area contributed by atoms with E-state index in [-0.39, 0.29) is 12.4 Å². The van der Waals surface area contributed by atoms with Crippen LogP contribution in [-0.4, -0.2) is 17.9 Å². The van der Waals surface area contributed by atoms with E-state index in [0.717, 1.165) is 10.0 Å². The largest absolute Gasteiger partial charge is 0.478 e. The van der Waals surface area contributed by atoms with Crippen LogP contribution in [0.4, 0.5) is 0 Å². The number of fused-ring (bicyclic) bond motifs is 1. The first-order valence-corrected chi connectivity index (χ1v) is 7.04. The number of carboxylic acid groups (broad SMARTS) is 1. The van der Waals surface area contributed by atoms with Crippen LogP contribution in [0, 0.1) is 0 Å². The normalized spacial score (nSPS) is 13.3. The molecule has 2 aromatic rings. The molecule has 1 aliphatic rings. The number of benzene rings is 2. The average molecular weight is 347 g/mol. The highest BCUT2D eigenvalue weighted by Crippen LogP contribution is 2.35. The molecule has 21 heavy (non-hydrogen) atoms. The third-order valence-corrected chi connectivity index (χ3v) is 3.84. The van der Waals surface area contributed by atoms with Crippen molar-refractivity contribution in [3.05, 3.63) is 58.1 Å². The molecule has 5 heteroatoms. The lowest BCUT2D eigenvalue weighted by Crippen LogP contribution is -2.00. The van der Waals surface area contributed by atoms with E-state index < -0.39 is 5.97 Å². The summed E-state index contributed by atoms with van der Waals surface area (Å²) >= 11 is 3.41. The van der Waals surface area contributed by atoms with Gasteiger partial charge in [0.25, 0.3) is 0 Å². The Morgan fingerprint density at radius 3 is 2.67 bits per heavy atom. The predicted molar refractivity (Wildman–Crippen MR) is 82.2 cm³/mol. The number of carboxylic acids is 1. The maximum Gasteiger partial charge on any atom is 0.336 e. The number of hydrogen-bond donors (Lipinski definition) is 1. The van der Waals surface area contributed by atoms with Gasteiger partial charge < -0.3 is 14.6 Å². The van der Waals surface area contributed by atoms with Gasteiger partial charge in [-0.05, 0) is 35.4 Å². The zero-order valence-corrected chi connectivity index (χ0v) is 12.5. The van der Waals surface area contributed by atoms with Crippen LogP contribution >= 0.6 is 15.9 Å². The summed E-state index contributed by atoms with van der Waals surface area (Å²) in [5, 5.41) is 9.47. The van der Waals surface area contributed by atoms with E-state index in [2.05, 4.69) is 15.9 Å². The van der Waals surface area contributed by atoms with Crippen LogP contribution in [0.5, 0.6) is 11.5 Å². The molecule has 4 nitrogen and oxygen atoms in total. The maximum atomic E-state index is 11.6. The summed E-state index contributed by atoms with van der Waals surface area (Å²) in [6, 6.07) is 12.6. The van der Waals surface area contributed by atoms with Gasteiger partial charge in [-0.15, -0.1) is 0 Å². The van der Waals surface area contributed by atoms with E-state index in [4.69, 9.17) is 9.47 Å². The molecule has 0 radical (unpaired) electrons. The highest BCUT2D eigenvalue weighted by molar-refractivity contribution is 9.10. The van der Waals surface area contributed by atoms with Gasteiger partial charge in [0.2, 0.25) is 6.79 Å². The fourth-order valence-corrected chi connectivity index (χ4v) is 2.48. The molecule has 0 spiro atoms. The van der Waals surface area contributed by atoms with Crippen molar-refractivity contribution in [3.8, 4) is 11.5 Å². The fourth-order valence-electron chi connectivity index (χ4n) is 2.08. The van der Waals surface area contributed by atoms with Crippen LogP contribution in [0.3, 0.4) is 0 Å². The molecule has 2 aromatic carbocycles. The molecule has 0 fully saturated rings. The molecule has 1 N–H and O–H groups in total. The van der Waals surface area contributed by atoms with Gasteiger partial charge in [-0.3, -0.25) is 0 Å². The van der Waals surface area contributed by atoms with Crippen molar-refractivity contribution in [1.29, 1.82) is 0 Å². The molecule has 3 rings (SSSR count). The molecule has 106 valence electrons. The van der Waals surface area contributed by atoms with E-state index in [0.29, 0.717) is 17.1 Å². The van der Waals surface area contributed by atoms with Gasteiger partial charge in [0.1, 0.15) is 0 Å². The van der Waals surface area contributed by atoms with Gasteiger partial charge in [0, 0.05) is 4.47 Å². The van der Waals surface area contributed by atoms with E-state index in [1.807, 2.05) is 24.3 Å². The second-order valence-corrected chi connectivity index (χ2v) is 5.31. The molecular weight excluding hydrogens is 336 g/mol. The number of aliphatic carboxylic acids is 1. The number of ether oxygens (including phenoxy) is 2. The van der Waals surface area contributed by atoms with E-state index in [9.17, 15) is 9.90 Å². The second-order valence-electron chi connectivity index (χ2n) is 4.45. The monoisotopic (exact) mass is 346 g/mol. The standard InChI is InChI=1S/C16H11BrO4/c17-13-4-2-1-3-11(13)7-12(16(18)19)10-5-6-14-15(8-10)21-9-20-14/h1-8H,9H2,(H,18,19)/b12-7-. The van der Waals surface area contributed by atoms with Crippen LogP contribution in [0.15, 0.2) is 46.9 Å². The van der Waals surface area contributed by atoms with E-state index >= 15 is 0 Å². The summed E-state index contributed by atoms with van der Waals surface area (Å²) < 4.78 is 11.4. The first-order chi connectivity index (χ1) is 10.1. The third-order valence-electron chi connectivity index (χ3n) is 3.12. The second kappa shape index (κ2) is 5.61. The number of rotatable bonds is 3. The Morgan fingerprint density at radius 1 is 1.14 bits per heavy atom. The highest BCUT2D eigenvalue weighted by Gasteiger charge is 2.17. The lowest BCUT2D eigenvalue weighted by Gasteiger charge is -2.06. The van der Waals surface area contributed by atoms with Crippen molar-refractivity contribution in [2.45, 2.75) is 0 Å². The summed E-state index contributed by atoms with van der Waals surface area (Å²) in [7, 11) is 0. The topological polar surface area (TPSA) is 55.8 Å². The SMILES string of the molecule is O=C(O)/C(=C\c1ccccc1Br)c1ccc2c(c1)OCO2. The van der Waals surface area contributed by atoms with Crippen molar-refractivity contribution in [2.24, 2.45) is 0 Å². The Balaban J connectivity index is 2.07. The quantitative estimate of drug-likeness (QED) is 0.678. The minimum atomic E-state index is -0.996. The van der Waals surface area contributed by atoms with Gasteiger partial charge in [-0.25, -0.2) is 4.79 Å². The first kappa shape index (κ1) is 13.7. The molecule has 1 aliphatic heterocycles. The molecule has 0 unspecified atom stereocenters. The maximum absolute atomic E-state index is 11.6. The Labute approximate surface area is 129 Å². The van der Waals surface area contributed by atoms with Crippen molar-refractivity contribution < 1.29 is 19.4 Å². The van der Waals surface area contributed by atoms with Gasteiger partial charge >= 0.3 is 5.97 Å². The van der Waals surface area contributed by atoms with Gasteiger partial charge in [0.05, 0.1) is 5.57 Å². The lowest BCUT2D eigenvalue weighted by molar-refractivity contribution is -0.130. The first-order valence-electron chi connectivity index (χ1n) is 6.25. The van der Waals surface area contributed by atoms with Crippen LogP contribution < -0.4 is 9.47 Å². The Bertz CT molecular complexity index is 737. The molecule has 0 saturated carbocycles. The van der Waals surface area contributed by atoms with Gasteiger partial charge in [-0.1, -0.05) is 40.2 Å². The van der Waals surface area contributed by atoms with E-state index in [1.165, 1.54) is 0 Å².